The van der Waals surface area contributed by atoms with Gasteiger partial charge in [0.15, 0.2) is 0 Å². The molecule has 1 atom stereocenters. The molecule has 1 amide bonds. The third kappa shape index (κ3) is 6.64. The number of anilines is 2. The Kier molecular flexibility index (Phi) is 7.54. The highest BCUT2D eigenvalue weighted by Gasteiger charge is 2.16. The number of aryl methyl sites for hydroxylation is 1. The van der Waals surface area contributed by atoms with Gasteiger partial charge in [0.25, 0.3) is 10.0 Å². The number of nitrogens with one attached hydrogen (secondary N) is 2. The third-order valence-corrected chi connectivity index (χ3v) is 7.20. The van der Waals surface area contributed by atoms with E-state index in [2.05, 4.69) is 10.0 Å². The Morgan fingerprint density at radius 1 is 0.903 bits per heavy atom. The average molecular weight is 495 g/mol. The number of halogens is 2. The summed E-state index contributed by atoms with van der Waals surface area (Å²) in [5, 5.41) is 3.27. The van der Waals surface area contributed by atoms with Crippen LogP contribution >= 0.6 is 35.0 Å². The number of hydrogen-bond acceptors (Lipinski definition) is 4. The zero-order chi connectivity index (χ0) is 22.6. The van der Waals surface area contributed by atoms with Crippen LogP contribution in [0.2, 0.25) is 10.0 Å². The van der Waals surface area contributed by atoms with Crippen LogP contribution in [0.5, 0.6) is 0 Å². The lowest BCUT2D eigenvalue weighted by Crippen LogP contribution is -2.22. The second-order valence-corrected chi connectivity index (χ2v) is 10.8. The predicted molar refractivity (Wildman–Crippen MR) is 129 cm³/mol. The average Bonchev–Trinajstić information content (AvgIpc) is 2.68. The van der Waals surface area contributed by atoms with Crippen LogP contribution < -0.4 is 10.0 Å². The summed E-state index contributed by atoms with van der Waals surface area (Å²) >= 11 is 13.3. The maximum Gasteiger partial charge on any atom is 0.261 e. The number of carbonyl (C=O) groups is 1. The molecule has 0 saturated heterocycles. The van der Waals surface area contributed by atoms with E-state index in [1.165, 1.54) is 11.8 Å². The van der Waals surface area contributed by atoms with Crippen molar-refractivity contribution in [2.24, 2.45) is 0 Å². The van der Waals surface area contributed by atoms with Crippen LogP contribution in [0.25, 0.3) is 0 Å². The lowest BCUT2D eigenvalue weighted by Gasteiger charge is -2.13. The van der Waals surface area contributed by atoms with Gasteiger partial charge in [0.1, 0.15) is 0 Å². The van der Waals surface area contributed by atoms with E-state index in [-0.39, 0.29) is 10.8 Å². The monoisotopic (exact) mass is 494 g/mol. The molecule has 31 heavy (non-hydrogen) atoms. The van der Waals surface area contributed by atoms with Crippen LogP contribution in [0.1, 0.15) is 12.5 Å². The SMILES string of the molecule is Cc1ccc(S(=O)(=O)Nc2ccc(SC(C)C(=O)Nc3cc(Cl)cc(Cl)c3)cc2)cc1. The standard InChI is InChI=1S/C22H20Cl2N2O3S2/c1-14-3-9-21(10-4-14)31(28,29)26-18-5-7-20(8-6-18)30-15(2)22(27)25-19-12-16(23)11-17(24)13-19/h3-13,15,26H,1-2H3,(H,25,27). The van der Waals surface area contributed by atoms with E-state index in [0.717, 1.165) is 10.5 Å². The Bertz CT molecular complexity index is 1160. The lowest BCUT2D eigenvalue weighted by atomic mass is 10.2. The second-order valence-electron chi connectivity index (χ2n) is 6.85. The molecule has 162 valence electrons. The van der Waals surface area contributed by atoms with E-state index < -0.39 is 15.3 Å². The first-order valence-corrected chi connectivity index (χ1v) is 12.4. The van der Waals surface area contributed by atoms with Crippen LogP contribution in [0, 0.1) is 6.92 Å². The highest BCUT2D eigenvalue weighted by Crippen LogP contribution is 2.28. The summed E-state index contributed by atoms with van der Waals surface area (Å²) in [6.07, 6.45) is 0. The van der Waals surface area contributed by atoms with Crippen LogP contribution in [0.3, 0.4) is 0 Å². The number of hydrogen-bond donors (Lipinski definition) is 2. The number of carbonyl (C=O) groups excluding carboxylic acids is 1. The van der Waals surface area contributed by atoms with Crippen molar-refractivity contribution in [3.63, 3.8) is 0 Å². The van der Waals surface area contributed by atoms with Crippen molar-refractivity contribution in [3.8, 4) is 0 Å². The van der Waals surface area contributed by atoms with Crippen LogP contribution in [-0.4, -0.2) is 19.6 Å². The molecule has 9 heteroatoms. The molecule has 0 aliphatic rings. The Morgan fingerprint density at radius 3 is 2.06 bits per heavy atom. The quantitative estimate of drug-likeness (QED) is 0.382. The molecule has 0 fully saturated rings. The maximum atomic E-state index is 12.5. The fraction of sp³-hybridized carbons (Fsp3) is 0.136. The van der Waals surface area contributed by atoms with Crippen molar-refractivity contribution in [3.05, 3.63) is 82.3 Å². The first-order chi connectivity index (χ1) is 14.6. The minimum atomic E-state index is -3.66. The molecule has 0 heterocycles. The molecule has 5 nitrogen and oxygen atoms in total. The van der Waals surface area contributed by atoms with E-state index >= 15 is 0 Å². The largest absolute Gasteiger partial charge is 0.325 e. The predicted octanol–water partition coefficient (Wildman–Crippen LogP) is 6.22. The zero-order valence-corrected chi connectivity index (χ0v) is 19.9. The van der Waals surface area contributed by atoms with Crippen LogP contribution in [0.15, 0.2) is 76.5 Å². The normalized spacial score (nSPS) is 12.3. The Morgan fingerprint density at radius 2 is 1.48 bits per heavy atom. The smallest absolute Gasteiger partial charge is 0.261 e. The minimum Gasteiger partial charge on any atom is -0.325 e. The van der Waals surface area contributed by atoms with Gasteiger partial charge in [-0.15, -0.1) is 11.8 Å². The van der Waals surface area contributed by atoms with Crippen molar-refractivity contribution in [2.75, 3.05) is 10.0 Å². The maximum absolute atomic E-state index is 12.5. The summed E-state index contributed by atoms with van der Waals surface area (Å²) < 4.78 is 27.6. The van der Waals surface area contributed by atoms with Gasteiger partial charge in [-0.3, -0.25) is 9.52 Å². The number of amides is 1. The van der Waals surface area contributed by atoms with Crippen molar-refractivity contribution in [2.45, 2.75) is 28.9 Å². The topological polar surface area (TPSA) is 75.3 Å². The van der Waals surface area contributed by atoms with E-state index in [4.69, 9.17) is 23.2 Å². The molecule has 0 spiro atoms. The van der Waals surface area contributed by atoms with Crippen molar-refractivity contribution >= 4 is 62.3 Å². The van der Waals surface area contributed by atoms with Crippen LogP contribution in [0.4, 0.5) is 11.4 Å². The molecule has 0 aliphatic heterocycles. The molecule has 0 saturated carbocycles. The minimum absolute atomic E-state index is 0.197. The molecule has 1 unspecified atom stereocenters. The summed E-state index contributed by atoms with van der Waals surface area (Å²) in [5.74, 6) is -0.201. The zero-order valence-electron chi connectivity index (χ0n) is 16.7. The molecule has 0 aliphatic carbocycles. The van der Waals surface area contributed by atoms with E-state index in [1.54, 1.807) is 73.7 Å². The molecule has 3 rings (SSSR count). The molecule has 3 aromatic rings. The number of sulfonamides is 1. The summed E-state index contributed by atoms with van der Waals surface area (Å²) in [5.41, 5.74) is 1.95. The highest BCUT2D eigenvalue weighted by molar-refractivity contribution is 8.00. The van der Waals surface area contributed by atoms with Gasteiger partial charge in [0.05, 0.1) is 10.1 Å². The molecule has 2 N–H and O–H groups in total. The van der Waals surface area contributed by atoms with Gasteiger partial charge in [-0.25, -0.2) is 8.42 Å². The Balaban J connectivity index is 1.61. The van der Waals surface area contributed by atoms with Crippen molar-refractivity contribution < 1.29 is 13.2 Å². The molecule has 3 aromatic carbocycles. The van der Waals surface area contributed by atoms with E-state index in [1.807, 2.05) is 6.92 Å². The summed E-state index contributed by atoms with van der Waals surface area (Å²) in [7, 11) is -3.66. The molecule has 0 bridgehead atoms. The van der Waals surface area contributed by atoms with E-state index in [9.17, 15) is 13.2 Å². The molecular weight excluding hydrogens is 475 g/mol. The van der Waals surface area contributed by atoms with Gasteiger partial charge < -0.3 is 5.32 Å². The number of thioether (sulfide) groups is 1. The van der Waals surface area contributed by atoms with Gasteiger partial charge >= 0.3 is 0 Å². The second kappa shape index (κ2) is 9.96. The summed E-state index contributed by atoms with van der Waals surface area (Å²) in [6, 6.07) is 18.3. The Hall–Kier alpha value is -2.19. The fourth-order valence-electron chi connectivity index (χ4n) is 2.66. The van der Waals surface area contributed by atoms with Gasteiger partial charge in [-0.05, 0) is 68.4 Å². The number of benzene rings is 3. The van der Waals surface area contributed by atoms with Gasteiger partial charge in [0, 0.05) is 26.3 Å². The molecule has 0 radical (unpaired) electrons. The van der Waals surface area contributed by atoms with Gasteiger partial charge in [0.2, 0.25) is 5.91 Å². The lowest BCUT2D eigenvalue weighted by molar-refractivity contribution is -0.115. The summed E-state index contributed by atoms with van der Waals surface area (Å²) in [4.78, 5) is 13.5. The molecule has 0 aromatic heterocycles. The summed E-state index contributed by atoms with van der Waals surface area (Å²) in [6.45, 7) is 3.67. The van der Waals surface area contributed by atoms with E-state index in [0.29, 0.717) is 21.4 Å². The Labute approximate surface area is 196 Å². The first kappa shape index (κ1) is 23.5. The van der Waals surface area contributed by atoms with Crippen LogP contribution in [-0.2, 0) is 14.8 Å². The van der Waals surface area contributed by atoms with Gasteiger partial charge in [-0.2, -0.15) is 0 Å². The third-order valence-electron chi connectivity index (χ3n) is 4.25. The van der Waals surface area contributed by atoms with Crippen molar-refractivity contribution in [1.82, 2.24) is 0 Å². The van der Waals surface area contributed by atoms with Crippen molar-refractivity contribution in [1.29, 1.82) is 0 Å². The number of rotatable bonds is 7. The molecular formula is C22H20Cl2N2O3S2. The first-order valence-electron chi connectivity index (χ1n) is 9.25. The fourth-order valence-corrected chi connectivity index (χ4v) is 5.11. The highest BCUT2D eigenvalue weighted by atomic mass is 35.5. The van der Waals surface area contributed by atoms with Gasteiger partial charge in [-0.1, -0.05) is 40.9 Å².